The van der Waals surface area contributed by atoms with Crippen LogP contribution in [0, 0.1) is 6.92 Å². The molecule has 1 amide bonds. The Morgan fingerprint density at radius 2 is 1.86 bits per heavy atom. The number of anilines is 1. The van der Waals surface area contributed by atoms with E-state index in [0.717, 1.165) is 15.4 Å². The zero-order valence-corrected chi connectivity index (χ0v) is 16.8. The maximum absolute atomic E-state index is 12.7. The normalized spacial score (nSPS) is 11.6. The van der Waals surface area contributed by atoms with E-state index in [4.69, 9.17) is 0 Å². The first-order valence-corrected chi connectivity index (χ1v) is 10.1. The van der Waals surface area contributed by atoms with Gasteiger partial charge in [0.15, 0.2) is 0 Å². The van der Waals surface area contributed by atoms with Crippen molar-refractivity contribution in [2.75, 3.05) is 19.4 Å². The van der Waals surface area contributed by atoms with Crippen molar-refractivity contribution in [1.82, 2.24) is 14.1 Å². The highest BCUT2D eigenvalue weighted by atomic mass is 32.2. The van der Waals surface area contributed by atoms with Gasteiger partial charge in [-0.05, 0) is 30.7 Å². The predicted octanol–water partition coefficient (Wildman–Crippen LogP) is 2.74. The fourth-order valence-electron chi connectivity index (χ4n) is 2.75. The highest BCUT2D eigenvalue weighted by Crippen LogP contribution is 2.17. The molecule has 3 rings (SSSR count). The van der Waals surface area contributed by atoms with Gasteiger partial charge in [0.25, 0.3) is 5.91 Å². The molecule has 0 saturated carbocycles. The van der Waals surface area contributed by atoms with Crippen LogP contribution in [-0.4, -0.2) is 42.5 Å². The molecule has 1 N–H and O–H groups in total. The fraction of sp³-hybridized carbons (Fsp3) is 0.200. The monoisotopic (exact) mass is 398 g/mol. The van der Waals surface area contributed by atoms with Gasteiger partial charge < -0.3 is 5.32 Å². The Balaban J connectivity index is 1.81. The summed E-state index contributed by atoms with van der Waals surface area (Å²) >= 11 is 0. The maximum atomic E-state index is 12.7. The molecule has 8 heteroatoms. The summed E-state index contributed by atoms with van der Waals surface area (Å²) in [5, 5.41) is 7.07. The van der Waals surface area contributed by atoms with Crippen LogP contribution in [0.4, 0.5) is 5.82 Å². The van der Waals surface area contributed by atoms with Gasteiger partial charge in [-0.3, -0.25) is 4.79 Å². The van der Waals surface area contributed by atoms with Crippen LogP contribution >= 0.6 is 0 Å². The topological polar surface area (TPSA) is 84.3 Å². The molecule has 2 aromatic carbocycles. The third-order valence-electron chi connectivity index (χ3n) is 4.25. The van der Waals surface area contributed by atoms with Crippen LogP contribution in [0.2, 0.25) is 0 Å². The number of aromatic nitrogens is 2. The van der Waals surface area contributed by atoms with Gasteiger partial charge >= 0.3 is 0 Å². The van der Waals surface area contributed by atoms with Crippen LogP contribution in [0.5, 0.6) is 0 Å². The van der Waals surface area contributed by atoms with Gasteiger partial charge in [-0.25, -0.2) is 17.4 Å². The van der Waals surface area contributed by atoms with Crippen molar-refractivity contribution in [2.24, 2.45) is 0 Å². The Morgan fingerprint density at radius 1 is 1.11 bits per heavy atom. The second-order valence-electron chi connectivity index (χ2n) is 6.63. The molecule has 0 atom stereocenters. The van der Waals surface area contributed by atoms with Gasteiger partial charge in [0, 0.05) is 25.7 Å². The number of benzene rings is 2. The Labute approximate surface area is 164 Å². The van der Waals surface area contributed by atoms with Crippen molar-refractivity contribution in [2.45, 2.75) is 18.4 Å². The molecule has 1 heterocycles. The first-order chi connectivity index (χ1) is 13.3. The van der Waals surface area contributed by atoms with Crippen LogP contribution in [0.25, 0.3) is 0 Å². The Bertz CT molecular complexity index is 1100. The van der Waals surface area contributed by atoms with E-state index in [2.05, 4.69) is 16.5 Å². The molecule has 3 aromatic rings. The van der Waals surface area contributed by atoms with E-state index in [-0.39, 0.29) is 10.5 Å². The summed E-state index contributed by atoms with van der Waals surface area (Å²) in [6, 6.07) is 15.7. The lowest BCUT2D eigenvalue weighted by atomic mass is 10.1. The molecule has 0 saturated heterocycles. The third-order valence-corrected chi connectivity index (χ3v) is 6.06. The minimum atomic E-state index is -3.61. The molecule has 28 heavy (non-hydrogen) atoms. The molecule has 1 aromatic heterocycles. The van der Waals surface area contributed by atoms with Gasteiger partial charge in [-0.2, -0.15) is 5.10 Å². The van der Waals surface area contributed by atoms with E-state index in [9.17, 15) is 13.2 Å². The maximum Gasteiger partial charge on any atom is 0.256 e. The number of amides is 1. The molecule has 0 bridgehead atoms. The number of rotatable bonds is 6. The van der Waals surface area contributed by atoms with Crippen molar-refractivity contribution in [1.29, 1.82) is 0 Å². The van der Waals surface area contributed by atoms with Crippen molar-refractivity contribution in [3.8, 4) is 0 Å². The summed E-state index contributed by atoms with van der Waals surface area (Å²) in [6.45, 7) is 2.53. The zero-order valence-electron chi connectivity index (χ0n) is 16.0. The number of hydrogen-bond donors (Lipinski definition) is 1. The predicted molar refractivity (Wildman–Crippen MR) is 108 cm³/mol. The number of nitrogens with zero attached hydrogens (tertiary/aromatic N) is 3. The van der Waals surface area contributed by atoms with E-state index < -0.39 is 15.9 Å². The van der Waals surface area contributed by atoms with Crippen LogP contribution in [0.3, 0.4) is 0 Å². The SMILES string of the molecule is Cc1cccc(Cn2nccc2NC(=O)c2cccc(S(=O)(=O)N(C)C)c2)c1. The second kappa shape index (κ2) is 7.95. The molecule has 0 aliphatic heterocycles. The summed E-state index contributed by atoms with van der Waals surface area (Å²) in [6.07, 6.45) is 1.61. The van der Waals surface area contributed by atoms with Crippen LogP contribution < -0.4 is 5.32 Å². The molecule has 0 fully saturated rings. The van der Waals surface area contributed by atoms with E-state index in [0.29, 0.717) is 12.4 Å². The summed E-state index contributed by atoms with van der Waals surface area (Å²) in [5.74, 6) is 0.133. The second-order valence-corrected chi connectivity index (χ2v) is 8.78. The van der Waals surface area contributed by atoms with Crippen LogP contribution in [-0.2, 0) is 16.6 Å². The summed E-state index contributed by atoms with van der Waals surface area (Å²) in [5.41, 5.74) is 2.47. The lowest BCUT2D eigenvalue weighted by Gasteiger charge is -2.13. The zero-order chi connectivity index (χ0) is 20.3. The Kier molecular flexibility index (Phi) is 5.62. The minimum Gasteiger partial charge on any atom is -0.307 e. The molecule has 146 valence electrons. The molecule has 0 aliphatic carbocycles. The summed E-state index contributed by atoms with van der Waals surface area (Å²) in [4.78, 5) is 12.7. The highest BCUT2D eigenvalue weighted by Gasteiger charge is 2.19. The molecule has 7 nitrogen and oxygen atoms in total. The average Bonchev–Trinajstić information content (AvgIpc) is 3.08. The van der Waals surface area contributed by atoms with Gasteiger partial charge in [-0.1, -0.05) is 35.9 Å². The van der Waals surface area contributed by atoms with Crippen molar-refractivity contribution < 1.29 is 13.2 Å². The first kappa shape index (κ1) is 19.8. The number of carbonyl (C=O) groups is 1. The number of nitrogens with one attached hydrogen (secondary N) is 1. The highest BCUT2D eigenvalue weighted by molar-refractivity contribution is 7.89. The fourth-order valence-corrected chi connectivity index (χ4v) is 3.69. The van der Waals surface area contributed by atoms with E-state index in [1.165, 1.54) is 26.2 Å². The molecular weight excluding hydrogens is 376 g/mol. The van der Waals surface area contributed by atoms with Crippen molar-refractivity contribution >= 4 is 21.7 Å². The quantitative estimate of drug-likeness (QED) is 0.692. The van der Waals surface area contributed by atoms with Gasteiger partial charge in [0.2, 0.25) is 10.0 Å². The van der Waals surface area contributed by atoms with Gasteiger partial charge in [0.05, 0.1) is 17.6 Å². The smallest absolute Gasteiger partial charge is 0.256 e. The summed E-state index contributed by atoms with van der Waals surface area (Å²) < 4.78 is 27.4. The van der Waals surface area contributed by atoms with E-state index >= 15 is 0 Å². The van der Waals surface area contributed by atoms with E-state index in [1.54, 1.807) is 29.1 Å². The lowest BCUT2D eigenvalue weighted by Crippen LogP contribution is -2.23. The van der Waals surface area contributed by atoms with Gasteiger partial charge in [-0.15, -0.1) is 0 Å². The largest absolute Gasteiger partial charge is 0.307 e. The molecule has 0 aliphatic rings. The number of sulfonamides is 1. The third kappa shape index (κ3) is 4.29. The lowest BCUT2D eigenvalue weighted by molar-refractivity contribution is 0.102. The molecule has 0 radical (unpaired) electrons. The Morgan fingerprint density at radius 3 is 2.57 bits per heavy atom. The average molecular weight is 398 g/mol. The van der Waals surface area contributed by atoms with Crippen molar-refractivity contribution in [3.63, 3.8) is 0 Å². The first-order valence-electron chi connectivity index (χ1n) is 8.68. The standard InChI is InChI=1S/C20H22N4O3S/c1-15-6-4-7-16(12-15)14-24-19(10-11-21-24)22-20(25)17-8-5-9-18(13-17)28(26,27)23(2)3/h4-13H,14H2,1-3H3,(H,22,25). The van der Waals surface area contributed by atoms with E-state index in [1.807, 2.05) is 25.1 Å². The van der Waals surface area contributed by atoms with Crippen LogP contribution in [0.15, 0.2) is 65.7 Å². The molecule has 0 unspecified atom stereocenters. The van der Waals surface area contributed by atoms with Crippen molar-refractivity contribution in [3.05, 3.63) is 77.5 Å². The number of hydrogen-bond acceptors (Lipinski definition) is 4. The Hall–Kier alpha value is -2.97. The van der Waals surface area contributed by atoms with Crippen LogP contribution in [0.1, 0.15) is 21.5 Å². The minimum absolute atomic E-state index is 0.0680. The number of carbonyl (C=O) groups excluding carboxylic acids is 1. The van der Waals surface area contributed by atoms with Gasteiger partial charge in [0.1, 0.15) is 5.82 Å². The molecular formula is C20H22N4O3S. The number of aryl methyl sites for hydroxylation is 1. The summed E-state index contributed by atoms with van der Waals surface area (Å²) in [7, 11) is -0.711. The molecule has 0 spiro atoms.